The van der Waals surface area contributed by atoms with Crippen LogP contribution >= 0.6 is 11.6 Å². The number of nitrogens with zero attached hydrogens (tertiary/aromatic N) is 2. The second kappa shape index (κ2) is 9.36. The first-order valence-corrected chi connectivity index (χ1v) is 10.7. The molecule has 0 radical (unpaired) electrons. The summed E-state index contributed by atoms with van der Waals surface area (Å²) in [5.74, 6) is 0.0170. The fourth-order valence-corrected chi connectivity index (χ4v) is 4.49. The van der Waals surface area contributed by atoms with Crippen molar-refractivity contribution in [1.29, 1.82) is 0 Å². The molecule has 0 saturated carbocycles. The molecule has 0 bridgehead atoms. The van der Waals surface area contributed by atoms with E-state index in [-0.39, 0.29) is 43.1 Å². The van der Waals surface area contributed by atoms with E-state index in [1.807, 2.05) is 0 Å². The van der Waals surface area contributed by atoms with E-state index in [2.05, 4.69) is 4.98 Å². The zero-order chi connectivity index (χ0) is 20.0. The monoisotopic (exact) mass is 424 g/mol. The van der Waals surface area contributed by atoms with Crippen LogP contribution in [0.15, 0.2) is 53.7 Å². The number of esters is 1. The molecule has 9 heteroatoms. The van der Waals surface area contributed by atoms with Gasteiger partial charge in [0, 0.05) is 30.5 Å². The van der Waals surface area contributed by atoms with Crippen LogP contribution in [-0.2, 0) is 19.6 Å². The maximum absolute atomic E-state index is 12.6. The molecule has 0 unspecified atom stereocenters. The summed E-state index contributed by atoms with van der Waals surface area (Å²) in [7, 11) is -3.58. The number of carbonyl (C=O) groups is 1. The molecule has 0 amide bonds. The fourth-order valence-electron chi connectivity index (χ4n) is 2.93. The molecule has 0 atom stereocenters. The predicted octanol–water partition coefficient (Wildman–Crippen LogP) is 2.76. The Hall–Kier alpha value is -2.16. The molecule has 2 heterocycles. The van der Waals surface area contributed by atoms with E-state index in [1.54, 1.807) is 30.3 Å². The van der Waals surface area contributed by atoms with Crippen molar-refractivity contribution < 1.29 is 22.7 Å². The van der Waals surface area contributed by atoms with E-state index in [0.29, 0.717) is 23.6 Å². The first kappa shape index (κ1) is 20.6. The third-order valence-electron chi connectivity index (χ3n) is 4.47. The molecule has 1 fully saturated rings. The maximum Gasteiger partial charge on any atom is 0.309 e. The van der Waals surface area contributed by atoms with Crippen LogP contribution in [0.5, 0.6) is 5.75 Å². The van der Waals surface area contributed by atoms with Gasteiger partial charge in [-0.25, -0.2) is 8.42 Å². The molecular formula is C19H21ClN2O5S. The largest absolute Gasteiger partial charge is 0.490 e. The van der Waals surface area contributed by atoms with Gasteiger partial charge in [0.25, 0.3) is 0 Å². The second-order valence-corrected chi connectivity index (χ2v) is 8.71. The topological polar surface area (TPSA) is 85.8 Å². The summed E-state index contributed by atoms with van der Waals surface area (Å²) < 4.78 is 37.3. The lowest BCUT2D eigenvalue weighted by Crippen LogP contribution is -2.40. The minimum atomic E-state index is -3.58. The minimum Gasteiger partial charge on any atom is -0.490 e. The van der Waals surface area contributed by atoms with Gasteiger partial charge in [0.2, 0.25) is 10.0 Å². The molecule has 3 rings (SSSR count). The minimum absolute atomic E-state index is 0.135. The summed E-state index contributed by atoms with van der Waals surface area (Å²) in [5.41, 5.74) is 0. The predicted molar refractivity (Wildman–Crippen MR) is 104 cm³/mol. The van der Waals surface area contributed by atoms with Gasteiger partial charge in [-0.15, -0.1) is 0 Å². The van der Waals surface area contributed by atoms with Crippen molar-refractivity contribution in [3.8, 4) is 5.75 Å². The second-order valence-electron chi connectivity index (χ2n) is 6.34. The normalized spacial score (nSPS) is 15.9. The van der Waals surface area contributed by atoms with Gasteiger partial charge < -0.3 is 9.47 Å². The molecule has 1 aliphatic rings. The number of benzene rings is 1. The van der Waals surface area contributed by atoms with Crippen LogP contribution in [0.25, 0.3) is 0 Å². The first-order valence-electron chi connectivity index (χ1n) is 8.92. The highest BCUT2D eigenvalue weighted by Crippen LogP contribution is 2.24. The molecule has 1 aromatic carbocycles. The standard InChI is InChI=1S/C19H21ClN2O5S/c20-16-3-5-17(6-4-16)26-12-13-27-19(23)15-7-10-22(11-8-15)28(24,25)18-2-1-9-21-14-18/h1-6,9,14-15H,7-8,10-13H2. The summed E-state index contributed by atoms with van der Waals surface area (Å²) in [5, 5.41) is 0.621. The number of hydrogen-bond acceptors (Lipinski definition) is 6. The third kappa shape index (κ3) is 5.21. The average Bonchev–Trinajstić information content (AvgIpc) is 2.73. The van der Waals surface area contributed by atoms with Gasteiger partial charge in [0.15, 0.2) is 0 Å². The number of sulfonamides is 1. The van der Waals surface area contributed by atoms with Crippen molar-refractivity contribution in [3.63, 3.8) is 0 Å². The van der Waals surface area contributed by atoms with Crippen molar-refractivity contribution in [3.05, 3.63) is 53.8 Å². The van der Waals surface area contributed by atoms with E-state index in [9.17, 15) is 13.2 Å². The van der Waals surface area contributed by atoms with Crippen molar-refractivity contribution >= 4 is 27.6 Å². The van der Waals surface area contributed by atoms with Crippen molar-refractivity contribution in [2.24, 2.45) is 5.92 Å². The van der Waals surface area contributed by atoms with Crippen LogP contribution in [0.1, 0.15) is 12.8 Å². The molecule has 150 valence electrons. The van der Waals surface area contributed by atoms with Gasteiger partial charge in [-0.3, -0.25) is 9.78 Å². The number of carbonyl (C=O) groups excluding carboxylic acids is 1. The van der Waals surface area contributed by atoms with E-state index < -0.39 is 10.0 Å². The Labute approximate surface area is 169 Å². The molecule has 7 nitrogen and oxygen atoms in total. The number of pyridine rings is 1. The average molecular weight is 425 g/mol. The third-order valence-corrected chi connectivity index (χ3v) is 6.60. The Kier molecular flexibility index (Phi) is 6.88. The van der Waals surface area contributed by atoms with E-state index in [0.717, 1.165) is 0 Å². The lowest BCUT2D eigenvalue weighted by Gasteiger charge is -2.30. The van der Waals surface area contributed by atoms with Crippen molar-refractivity contribution in [2.75, 3.05) is 26.3 Å². The Bertz CT molecular complexity index is 882. The zero-order valence-corrected chi connectivity index (χ0v) is 16.7. The van der Waals surface area contributed by atoms with Gasteiger partial charge in [-0.2, -0.15) is 4.31 Å². The van der Waals surface area contributed by atoms with Gasteiger partial charge in [-0.05, 0) is 49.2 Å². The lowest BCUT2D eigenvalue weighted by molar-refractivity contribution is -0.150. The molecule has 2 aromatic rings. The molecule has 0 N–H and O–H groups in total. The van der Waals surface area contributed by atoms with Crippen LogP contribution < -0.4 is 4.74 Å². The Morgan fingerprint density at radius 1 is 1.14 bits per heavy atom. The summed E-state index contributed by atoms with van der Waals surface area (Å²) >= 11 is 5.80. The van der Waals surface area contributed by atoms with Gasteiger partial charge in [0.05, 0.1) is 5.92 Å². The van der Waals surface area contributed by atoms with Gasteiger partial charge in [-0.1, -0.05) is 11.6 Å². The first-order chi connectivity index (χ1) is 13.5. The molecular weight excluding hydrogens is 404 g/mol. The highest BCUT2D eigenvalue weighted by Gasteiger charge is 2.32. The summed E-state index contributed by atoms with van der Waals surface area (Å²) in [4.78, 5) is 16.2. The number of halogens is 1. The number of ether oxygens (including phenoxy) is 2. The number of aromatic nitrogens is 1. The maximum atomic E-state index is 12.6. The van der Waals surface area contributed by atoms with Crippen LogP contribution in [0, 0.1) is 5.92 Å². The van der Waals surface area contributed by atoms with E-state index >= 15 is 0 Å². The zero-order valence-electron chi connectivity index (χ0n) is 15.2. The van der Waals surface area contributed by atoms with Crippen LogP contribution in [-0.4, -0.2) is 50.0 Å². The quantitative estimate of drug-likeness (QED) is 0.501. The van der Waals surface area contributed by atoms with E-state index in [1.165, 1.54) is 22.8 Å². The SMILES string of the molecule is O=C(OCCOc1ccc(Cl)cc1)C1CCN(S(=O)(=O)c2cccnc2)CC1. The Balaban J connectivity index is 1.42. The van der Waals surface area contributed by atoms with Crippen molar-refractivity contribution in [2.45, 2.75) is 17.7 Å². The number of rotatable bonds is 7. The molecule has 1 aromatic heterocycles. The molecule has 1 aliphatic heterocycles. The Morgan fingerprint density at radius 3 is 2.50 bits per heavy atom. The number of piperidine rings is 1. The number of hydrogen-bond donors (Lipinski definition) is 0. The highest BCUT2D eigenvalue weighted by molar-refractivity contribution is 7.89. The van der Waals surface area contributed by atoms with Gasteiger partial charge >= 0.3 is 5.97 Å². The molecule has 1 saturated heterocycles. The smallest absolute Gasteiger partial charge is 0.309 e. The van der Waals surface area contributed by atoms with Crippen LogP contribution in [0.2, 0.25) is 5.02 Å². The van der Waals surface area contributed by atoms with Crippen molar-refractivity contribution in [1.82, 2.24) is 9.29 Å². The highest BCUT2D eigenvalue weighted by atomic mass is 35.5. The van der Waals surface area contributed by atoms with E-state index in [4.69, 9.17) is 21.1 Å². The Morgan fingerprint density at radius 2 is 1.86 bits per heavy atom. The summed E-state index contributed by atoms with van der Waals surface area (Å²) in [6, 6.07) is 10.0. The molecule has 28 heavy (non-hydrogen) atoms. The molecule has 0 aliphatic carbocycles. The van der Waals surface area contributed by atoms with Crippen LogP contribution in [0.4, 0.5) is 0 Å². The van der Waals surface area contributed by atoms with Crippen LogP contribution in [0.3, 0.4) is 0 Å². The van der Waals surface area contributed by atoms with Gasteiger partial charge in [0.1, 0.15) is 23.9 Å². The summed E-state index contributed by atoms with van der Waals surface area (Å²) in [6.07, 6.45) is 3.71. The lowest BCUT2D eigenvalue weighted by atomic mass is 9.98. The molecule has 0 spiro atoms. The summed E-state index contributed by atoms with van der Waals surface area (Å²) in [6.45, 7) is 0.924. The fraction of sp³-hybridized carbons (Fsp3) is 0.368.